The molecule has 0 fully saturated rings. The number of hydrogen-bond donors (Lipinski definition) is 1. The molecule has 0 aliphatic carbocycles. The van der Waals surface area contributed by atoms with Crippen molar-refractivity contribution in [2.24, 2.45) is 5.92 Å². The van der Waals surface area contributed by atoms with Gasteiger partial charge in [-0.1, -0.05) is 43.6 Å². The summed E-state index contributed by atoms with van der Waals surface area (Å²) < 4.78 is 1.76. The van der Waals surface area contributed by atoms with E-state index in [9.17, 15) is 9.59 Å². The summed E-state index contributed by atoms with van der Waals surface area (Å²) in [6, 6.07) is 7.41. The van der Waals surface area contributed by atoms with Gasteiger partial charge in [-0.25, -0.2) is 0 Å². The highest BCUT2D eigenvalue weighted by molar-refractivity contribution is 6.31. The van der Waals surface area contributed by atoms with Gasteiger partial charge in [-0.15, -0.1) is 0 Å². The Balaban J connectivity index is 2.13. The molecular weight excluding hydrogens is 376 g/mol. The number of nitrogens with zero attached hydrogens (tertiary/aromatic N) is 3. The first-order valence-corrected chi connectivity index (χ1v) is 9.58. The van der Waals surface area contributed by atoms with Crippen molar-refractivity contribution in [2.45, 2.75) is 40.8 Å². The van der Waals surface area contributed by atoms with Crippen LogP contribution in [-0.2, 0) is 22.7 Å². The number of nitrogens with one attached hydrogen (secondary N) is 1. The normalized spacial score (nSPS) is 11.2. The molecule has 0 saturated carbocycles. The van der Waals surface area contributed by atoms with Crippen molar-refractivity contribution in [1.29, 1.82) is 0 Å². The number of rotatable bonds is 7. The second kappa shape index (κ2) is 9.55. The van der Waals surface area contributed by atoms with Crippen LogP contribution in [0.15, 0.2) is 30.3 Å². The summed E-state index contributed by atoms with van der Waals surface area (Å²) in [6.07, 6.45) is 3.13. The fourth-order valence-electron chi connectivity index (χ4n) is 2.70. The van der Waals surface area contributed by atoms with Crippen molar-refractivity contribution in [3.8, 4) is 0 Å². The Hall–Kier alpha value is -2.60. The van der Waals surface area contributed by atoms with Crippen LogP contribution >= 0.6 is 11.6 Å². The van der Waals surface area contributed by atoms with Crippen LogP contribution in [0.4, 0.5) is 5.69 Å². The first-order chi connectivity index (χ1) is 13.2. The fraction of sp³-hybridized carbons (Fsp3) is 0.381. The third-order valence-corrected chi connectivity index (χ3v) is 4.67. The van der Waals surface area contributed by atoms with E-state index in [1.807, 2.05) is 31.2 Å². The standard InChI is InChI=1S/C21H27ClN4O2/c1-14(2)12-26-21(22)18(15(3)24-26)10-11-20(28)23-19-9-7-6-8-17(19)13-25(5)16(4)27/h6-11,14H,12-13H2,1-5H3,(H,23,28)/b11-10+. The van der Waals surface area contributed by atoms with Crippen molar-refractivity contribution >= 4 is 35.2 Å². The Morgan fingerprint density at radius 3 is 2.64 bits per heavy atom. The highest BCUT2D eigenvalue weighted by Crippen LogP contribution is 2.22. The van der Waals surface area contributed by atoms with Gasteiger partial charge in [-0.2, -0.15) is 5.10 Å². The molecule has 1 aromatic carbocycles. The number of amides is 2. The first kappa shape index (κ1) is 21.7. The summed E-state index contributed by atoms with van der Waals surface area (Å²) in [6.45, 7) is 8.70. The number of aromatic nitrogens is 2. The lowest BCUT2D eigenvalue weighted by Gasteiger charge is -2.17. The van der Waals surface area contributed by atoms with Gasteiger partial charge in [0, 0.05) is 44.4 Å². The molecule has 0 saturated heterocycles. The summed E-state index contributed by atoms with van der Waals surface area (Å²) in [5.41, 5.74) is 3.05. The van der Waals surface area contributed by atoms with Crippen molar-refractivity contribution in [3.05, 3.63) is 52.3 Å². The summed E-state index contributed by atoms with van der Waals surface area (Å²) in [4.78, 5) is 25.5. The van der Waals surface area contributed by atoms with E-state index in [0.29, 0.717) is 23.3 Å². The molecule has 0 spiro atoms. The lowest BCUT2D eigenvalue weighted by Crippen LogP contribution is -2.24. The molecule has 2 amide bonds. The minimum Gasteiger partial charge on any atom is -0.342 e. The third kappa shape index (κ3) is 5.70. The van der Waals surface area contributed by atoms with Gasteiger partial charge in [0.25, 0.3) is 0 Å². The van der Waals surface area contributed by atoms with E-state index in [1.165, 1.54) is 13.0 Å². The monoisotopic (exact) mass is 402 g/mol. The lowest BCUT2D eigenvalue weighted by molar-refractivity contribution is -0.128. The summed E-state index contributed by atoms with van der Waals surface area (Å²) in [5, 5.41) is 7.84. The molecule has 0 aliphatic heterocycles. The number of aryl methyl sites for hydroxylation is 1. The second-order valence-electron chi connectivity index (χ2n) is 7.22. The molecule has 0 aliphatic rings. The number of carbonyl (C=O) groups is 2. The quantitative estimate of drug-likeness (QED) is 0.708. The lowest BCUT2D eigenvalue weighted by atomic mass is 10.1. The van der Waals surface area contributed by atoms with Crippen LogP contribution in [0.3, 0.4) is 0 Å². The van der Waals surface area contributed by atoms with Gasteiger partial charge in [0.2, 0.25) is 11.8 Å². The van der Waals surface area contributed by atoms with Crippen LogP contribution < -0.4 is 5.32 Å². The highest BCUT2D eigenvalue weighted by atomic mass is 35.5. The van der Waals surface area contributed by atoms with Crippen LogP contribution in [-0.4, -0.2) is 33.5 Å². The van der Waals surface area contributed by atoms with Crippen molar-refractivity contribution < 1.29 is 9.59 Å². The van der Waals surface area contributed by atoms with Gasteiger partial charge >= 0.3 is 0 Å². The van der Waals surface area contributed by atoms with E-state index in [-0.39, 0.29) is 11.8 Å². The average Bonchev–Trinajstić information content (AvgIpc) is 2.87. The highest BCUT2D eigenvalue weighted by Gasteiger charge is 2.13. The van der Waals surface area contributed by atoms with Gasteiger partial charge in [-0.05, 0) is 30.5 Å². The van der Waals surface area contributed by atoms with Crippen molar-refractivity contribution in [3.63, 3.8) is 0 Å². The summed E-state index contributed by atoms with van der Waals surface area (Å²) in [5.74, 6) is 0.108. The SMILES string of the molecule is CC(=O)N(C)Cc1ccccc1NC(=O)/C=C/c1c(C)nn(CC(C)C)c1Cl. The fourth-order valence-corrected chi connectivity index (χ4v) is 3.01. The van der Waals surface area contributed by atoms with Crippen LogP contribution in [0.5, 0.6) is 0 Å². The molecule has 0 atom stereocenters. The smallest absolute Gasteiger partial charge is 0.248 e. The zero-order valence-electron chi connectivity index (χ0n) is 17.0. The zero-order chi connectivity index (χ0) is 20.8. The summed E-state index contributed by atoms with van der Waals surface area (Å²) >= 11 is 6.41. The van der Waals surface area contributed by atoms with E-state index >= 15 is 0 Å². The third-order valence-electron chi connectivity index (χ3n) is 4.27. The molecule has 6 nitrogen and oxygen atoms in total. The number of carbonyl (C=O) groups excluding carboxylic acids is 2. The van der Waals surface area contributed by atoms with Gasteiger partial charge in [0.05, 0.1) is 5.69 Å². The number of para-hydroxylation sites is 1. The molecule has 1 heterocycles. The Morgan fingerprint density at radius 1 is 1.32 bits per heavy atom. The minimum absolute atomic E-state index is 0.0375. The maximum absolute atomic E-state index is 12.4. The number of halogens is 1. The van der Waals surface area contributed by atoms with E-state index in [4.69, 9.17) is 11.6 Å². The molecule has 2 rings (SSSR count). The van der Waals surface area contributed by atoms with Gasteiger partial charge in [0.15, 0.2) is 0 Å². The van der Waals surface area contributed by atoms with Crippen LogP contribution in [0.25, 0.3) is 6.08 Å². The van der Waals surface area contributed by atoms with Gasteiger partial charge in [-0.3, -0.25) is 14.3 Å². The Labute approximate surface area is 171 Å². The average molecular weight is 403 g/mol. The molecule has 0 unspecified atom stereocenters. The van der Waals surface area contributed by atoms with E-state index in [2.05, 4.69) is 24.3 Å². The maximum atomic E-state index is 12.4. The number of anilines is 1. The minimum atomic E-state index is -0.273. The largest absolute Gasteiger partial charge is 0.342 e. The molecule has 7 heteroatoms. The van der Waals surface area contributed by atoms with E-state index in [1.54, 1.807) is 22.7 Å². The maximum Gasteiger partial charge on any atom is 0.248 e. The molecular formula is C21H27ClN4O2. The van der Waals surface area contributed by atoms with Crippen molar-refractivity contribution in [1.82, 2.24) is 14.7 Å². The van der Waals surface area contributed by atoms with Crippen LogP contribution in [0.1, 0.15) is 37.6 Å². The molecule has 0 radical (unpaired) electrons. The molecule has 0 bridgehead atoms. The van der Waals surface area contributed by atoms with E-state index in [0.717, 1.165) is 23.4 Å². The zero-order valence-corrected chi connectivity index (χ0v) is 17.7. The number of benzene rings is 1. The van der Waals surface area contributed by atoms with Gasteiger partial charge in [0.1, 0.15) is 5.15 Å². The molecule has 1 N–H and O–H groups in total. The molecule has 150 valence electrons. The Morgan fingerprint density at radius 2 is 2.00 bits per heavy atom. The topological polar surface area (TPSA) is 67.2 Å². The number of hydrogen-bond acceptors (Lipinski definition) is 3. The molecule has 2 aromatic rings. The van der Waals surface area contributed by atoms with Crippen LogP contribution in [0, 0.1) is 12.8 Å². The first-order valence-electron chi connectivity index (χ1n) is 9.20. The summed E-state index contributed by atoms with van der Waals surface area (Å²) in [7, 11) is 1.72. The molecule has 28 heavy (non-hydrogen) atoms. The Kier molecular flexibility index (Phi) is 7.40. The predicted octanol–water partition coefficient (Wildman–Crippen LogP) is 4.13. The van der Waals surface area contributed by atoms with Crippen molar-refractivity contribution in [2.75, 3.05) is 12.4 Å². The second-order valence-corrected chi connectivity index (χ2v) is 7.58. The predicted molar refractivity (Wildman–Crippen MR) is 113 cm³/mol. The van der Waals surface area contributed by atoms with Gasteiger partial charge < -0.3 is 10.2 Å². The Bertz CT molecular complexity index is 887. The van der Waals surface area contributed by atoms with Crippen LogP contribution in [0.2, 0.25) is 5.15 Å². The van der Waals surface area contributed by atoms with E-state index < -0.39 is 0 Å². The molecule has 1 aromatic heterocycles.